The Morgan fingerprint density at radius 1 is 0.800 bits per heavy atom. The Hall–Kier alpha value is 1.09. The van der Waals surface area contributed by atoms with Crippen LogP contribution < -0.4 is 0 Å². The summed E-state index contributed by atoms with van der Waals surface area (Å²) in [6, 6.07) is 2.49. The van der Waals surface area contributed by atoms with Gasteiger partial charge in [-0.25, -0.2) is 0 Å². The third-order valence-corrected chi connectivity index (χ3v) is 10.6. The molecule has 0 saturated heterocycles. The third-order valence-electron chi connectivity index (χ3n) is 2.43. The first-order valence-electron chi connectivity index (χ1n) is 5.75. The van der Waals surface area contributed by atoms with Crippen molar-refractivity contribution in [2.75, 3.05) is 11.5 Å². The van der Waals surface area contributed by atoms with Crippen LogP contribution in [0.4, 0.5) is 0 Å². The molecule has 0 radical (unpaired) electrons. The molecule has 0 aromatic heterocycles. The highest BCUT2D eigenvalue weighted by molar-refractivity contribution is 7.80. The van der Waals surface area contributed by atoms with E-state index >= 15 is 0 Å². The minimum absolute atomic E-state index is 0.985. The molecule has 1 nitrogen and oxygen atoms in total. The van der Waals surface area contributed by atoms with E-state index in [-0.39, 0.29) is 0 Å². The van der Waals surface area contributed by atoms with Gasteiger partial charge in [-0.1, -0.05) is 0 Å². The zero-order chi connectivity index (χ0) is 11.9. The Balaban J connectivity index is 4.04. The van der Waals surface area contributed by atoms with Gasteiger partial charge in [0, 0.05) is 0 Å². The van der Waals surface area contributed by atoms with E-state index < -0.39 is 16.6 Å². The monoisotopic (exact) mass is 282 g/mol. The van der Waals surface area contributed by atoms with Gasteiger partial charge in [0.2, 0.25) is 0 Å². The lowest BCUT2D eigenvalue weighted by molar-refractivity contribution is 0.534. The Morgan fingerprint density at radius 3 is 1.40 bits per heavy atom. The van der Waals surface area contributed by atoms with Crippen molar-refractivity contribution in [3.05, 3.63) is 0 Å². The van der Waals surface area contributed by atoms with E-state index in [0.29, 0.717) is 0 Å². The molecule has 0 atom stereocenters. The summed E-state index contributed by atoms with van der Waals surface area (Å²) in [7, 11) is -2.84. The Bertz CT molecular complexity index is 157. The second kappa shape index (κ2) is 7.43. The van der Waals surface area contributed by atoms with Crippen molar-refractivity contribution >= 4 is 41.9 Å². The van der Waals surface area contributed by atoms with Gasteiger partial charge in [0.25, 0.3) is 0 Å². The topological polar surface area (TPSA) is 9.23 Å². The second-order valence-corrected chi connectivity index (χ2v) is 15.0. The lowest BCUT2D eigenvalue weighted by Crippen LogP contribution is -2.44. The van der Waals surface area contributed by atoms with Crippen LogP contribution in [0.1, 0.15) is 12.8 Å². The van der Waals surface area contributed by atoms with Crippen LogP contribution >= 0.6 is 25.3 Å². The first-order valence-corrected chi connectivity index (χ1v) is 13.2. The van der Waals surface area contributed by atoms with E-state index in [4.69, 9.17) is 4.12 Å². The molecule has 0 saturated carbocycles. The predicted molar refractivity (Wildman–Crippen MR) is 82.6 cm³/mol. The lowest BCUT2D eigenvalue weighted by Gasteiger charge is -2.34. The van der Waals surface area contributed by atoms with Gasteiger partial charge >= 0.3 is 0 Å². The van der Waals surface area contributed by atoms with Crippen LogP contribution in [0, 0.1) is 0 Å². The van der Waals surface area contributed by atoms with Crippen LogP contribution in [-0.2, 0) is 4.12 Å². The normalized spacial score (nSPS) is 13.2. The van der Waals surface area contributed by atoms with Crippen LogP contribution in [0.3, 0.4) is 0 Å². The number of thiol groups is 2. The number of hydrogen-bond acceptors (Lipinski definition) is 3. The summed E-state index contributed by atoms with van der Waals surface area (Å²) in [6.45, 7) is 9.36. The molecule has 0 rings (SSSR count). The smallest absolute Gasteiger partial charge is 0.173 e. The van der Waals surface area contributed by atoms with Crippen molar-refractivity contribution in [3.63, 3.8) is 0 Å². The Labute approximate surface area is 108 Å². The molecule has 0 amide bonds. The number of rotatable bonds is 8. The van der Waals surface area contributed by atoms with Crippen LogP contribution in [0.15, 0.2) is 0 Å². The zero-order valence-corrected chi connectivity index (χ0v) is 14.3. The Morgan fingerprint density at radius 2 is 1.13 bits per heavy atom. The molecule has 0 aliphatic rings. The van der Waals surface area contributed by atoms with Gasteiger partial charge < -0.3 is 4.12 Å². The highest BCUT2D eigenvalue weighted by Crippen LogP contribution is 2.23. The summed E-state index contributed by atoms with van der Waals surface area (Å²) >= 11 is 8.54. The van der Waals surface area contributed by atoms with Crippen LogP contribution in [0.5, 0.6) is 0 Å². The van der Waals surface area contributed by atoms with Gasteiger partial charge in [0.1, 0.15) is 0 Å². The van der Waals surface area contributed by atoms with Crippen molar-refractivity contribution in [1.82, 2.24) is 0 Å². The maximum Gasteiger partial charge on any atom is 0.173 e. The van der Waals surface area contributed by atoms with Gasteiger partial charge in [0.05, 0.1) is 0 Å². The quantitative estimate of drug-likeness (QED) is 0.504. The van der Waals surface area contributed by atoms with Crippen molar-refractivity contribution in [3.8, 4) is 0 Å². The van der Waals surface area contributed by atoms with Crippen molar-refractivity contribution in [2.45, 2.75) is 51.1 Å². The van der Waals surface area contributed by atoms with E-state index in [1.165, 1.54) is 24.9 Å². The van der Waals surface area contributed by atoms with Gasteiger partial charge in [-0.3, -0.25) is 0 Å². The van der Waals surface area contributed by atoms with Gasteiger partial charge in [-0.05, 0) is 62.6 Å². The van der Waals surface area contributed by atoms with Crippen molar-refractivity contribution in [2.24, 2.45) is 0 Å². The molecular weight excluding hydrogens is 256 g/mol. The highest BCUT2D eigenvalue weighted by atomic mass is 32.1. The second-order valence-electron chi connectivity index (χ2n) is 5.28. The summed E-state index contributed by atoms with van der Waals surface area (Å²) in [5, 5.41) is 0. The summed E-state index contributed by atoms with van der Waals surface area (Å²) in [5.41, 5.74) is 0. The molecule has 0 aromatic rings. The average molecular weight is 283 g/mol. The van der Waals surface area contributed by atoms with Gasteiger partial charge in [-0.2, -0.15) is 25.3 Å². The average Bonchev–Trinajstić information content (AvgIpc) is 2.10. The van der Waals surface area contributed by atoms with Crippen LogP contribution in [0.25, 0.3) is 0 Å². The Kier molecular flexibility index (Phi) is 7.97. The standard InChI is InChI=1S/C10H26OS2Si2/c1-14(2,9-5-7-12)11-15(3,4)10-6-8-13/h12-13H,5-10H2,1-4H3. The maximum atomic E-state index is 6.44. The minimum Gasteiger partial charge on any atom is -0.455 e. The zero-order valence-electron chi connectivity index (χ0n) is 10.5. The summed E-state index contributed by atoms with van der Waals surface area (Å²) in [5.74, 6) is 1.97. The molecule has 0 spiro atoms. The van der Waals surface area contributed by atoms with Crippen molar-refractivity contribution < 1.29 is 4.12 Å². The number of hydrogen-bond donors (Lipinski definition) is 2. The molecule has 0 aromatic carbocycles. The fourth-order valence-corrected chi connectivity index (χ4v) is 11.6. The summed E-state index contributed by atoms with van der Waals surface area (Å²) in [6.07, 6.45) is 2.39. The molecule has 15 heavy (non-hydrogen) atoms. The maximum absolute atomic E-state index is 6.44. The van der Waals surface area contributed by atoms with E-state index in [1.54, 1.807) is 0 Å². The molecule has 0 aliphatic carbocycles. The molecular formula is C10H26OS2Si2. The molecule has 5 heteroatoms. The first-order chi connectivity index (χ1) is 6.83. The largest absolute Gasteiger partial charge is 0.455 e. The van der Waals surface area contributed by atoms with E-state index in [9.17, 15) is 0 Å². The molecule has 0 N–H and O–H groups in total. The SMILES string of the molecule is C[Si](C)(CCCS)O[Si](C)(C)CCCS. The molecule has 0 bridgehead atoms. The molecule has 0 unspecified atom stereocenters. The molecule has 0 fully saturated rings. The van der Waals surface area contributed by atoms with Gasteiger partial charge in [-0.15, -0.1) is 0 Å². The van der Waals surface area contributed by atoms with Crippen LogP contribution in [-0.4, -0.2) is 28.1 Å². The molecule has 92 valence electrons. The summed E-state index contributed by atoms with van der Waals surface area (Å²) < 4.78 is 6.44. The fraction of sp³-hybridized carbons (Fsp3) is 1.00. The molecule has 0 heterocycles. The first kappa shape index (κ1) is 16.1. The predicted octanol–water partition coefficient (Wildman–Crippen LogP) is 4.05. The third kappa shape index (κ3) is 8.86. The van der Waals surface area contributed by atoms with E-state index in [0.717, 1.165) is 11.5 Å². The molecule has 0 aliphatic heterocycles. The van der Waals surface area contributed by atoms with Crippen molar-refractivity contribution in [1.29, 1.82) is 0 Å². The van der Waals surface area contributed by atoms with Gasteiger partial charge in [0.15, 0.2) is 16.6 Å². The van der Waals surface area contributed by atoms with E-state index in [2.05, 4.69) is 51.4 Å². The minimum atomic E-state index is -1.42. The van der Waals surface area contributed by atoms with Crippen LogP contribution in [0.2, 0.25) is 38.3 Å². The lowest BCUT2D eigenvalue weighted by atomic mass is 10.6. The van der Waals surface area contributed by atoms with E-state index in [1.807, 2.05) is 0 Å². The highest BCUT2D eigenvalue weighted by Gasteiger charge is 2.31. The fourth-order valence-electron chi connectivity index (χ4n) is 1.86. The summed E-state index contributed by atoms with van der Waals surface area (Å²) in [4.78, 5) is 0.